The molecule has 0 atom stereocenters. The van der Waals surface area contributed by atoms with Crippen molar-refractivity contribution < 1.29 is 14.4 Å². The van der Waals surface area contributed by atoms with E-state index in [-0.39, 0.29) is 5.91 Å². The largest absolute Gasteiger partial charge is 0.298 e. The fourth-order valence-corrected chi connectivity index (χ4v) is 3.19. The van der Waals surface area contributed by atoms with Gasteiger partial charge in [0.1, 0.15) is 0 Å². The summed E-state index contributed by atoms with van der Waals surface area (Å²) in [5, 5.41) is 4.91. The van der Waals surface area contributed by atoms with Crippen molar-refractivity contribution in [1.29, 1.82) is 0 Å². The van der Waals surface area contributed by atoms with Gasteiger partial charge >= 0.3 is 0 Å². The van der Waals surface area contributed by atoms with Crippen LogP contribution in [-0.4, -0.2) is 22.7 Å². The quantitative estimate of drug-likeness (QED) is 0.737. The molecule has 0 bridgehead atoms. The van der Waals surface area contributed by atoms with E-state index in [4.69, 9.17) is 0 Å². The van der Waals surface area contributed by atoms with Crippen LogP contribution < -0.4 is 10.2 Å². The molecule has 0 aliphatic carbocycles. The van der Waals surface area contributed by atoms with Crippen molar-refractivity contribution in [2.24, 2.45) is 0 Å². The smallest absolute Gasteiger partial charge is 0.266 e. The number of nitrogens with one attached hydrogen (secondary N) is 1. The number of hydrogen-bond donors (Lipinski definition) is 1. The molecule has 2 heterocycles. The van der Waals surface area contributed by atoms with Gasteiger partial charge in [-0.2, -0.15) is 0 Å². The highest BCUT2D eigenvalue weighted by Gasteiger charge is 2.36. The van der Waals surface area contributed by atoms with E-state index >= 15 is 0 Å². The first-order valence-corrected chi connectivity index (χ1v) is 8.32. The lowest BCUT2D eigenvalue weighted by molar-refractivity contribution is 0.0924. The van der Waals surface area contributed by atoms with Gasteiger partial charge in [-0.05, 0) is 30.3 Å². The highest BCUT2D eigenvalue weighted by molar-refractivity contribution is 7.13. The summed E-state index contributed by atoms with van der Waals surface area (Å²) in [6.07, 6.45) is 1.59. The predicted molar refractivity (Wildman–Crippen MR) is 94.1 cm³/mol. The fraction of sp³-hybridized carbons (Fsp3) is 0. The predicted octanol–water partition coefficient (Wildman–Crippen LogP) is 3.20. The van der Waals surface area contributed by atoms with Gasteiger partial charge in [-0.25, -0.2) is 9.88 Å². The standard InChI is InChI=1S/C18H11N3O3S/c22-15(20-18-19-8-9-25-18)11-4-3-5-12(10-11)21-16(23)13-6-1-2-7-14(13)17(21)24/h1-10H,(H,19,20,22). The third-order valence-corrected chi connectivity index (χ3v) is 4.50. The Hall–Kier alpha value is -3.32. The Morgan fingerprint density at radius 1 is 1.00 bits per heavy atom. The highest BCUT2D eigenvalue weighted by atomic mass is 32.1. The molecule has 1 aliphatic heterocycles. The van der Waals surface area contributed by atoms with Gasteiger partial charge in [0.2, 0.25) is 0 Å². The van der Waals surface area contributed by atoms with Gasteiger partial charge in [0, 0.05) is 17.1 Å². The Morgan fingerprint density at radius 2 is 1.72 bits per heavy atom. The van der Waals surface area contributed by atoms with E-state index in [1.807, 2.05) is 0 Å². The molecule has 0 spiro atoms. The Kier molecular flexibility index (Phi) is 3.62. The maximum atomic E-state index is 12.5. The fourth-order valence-electron chi connectivity index (χ4n) is 2.66. The van der Waals surface area contributed by atoms with Crippen LogP contribution in [0.4, 0.5) is 10.8 Å². The van der Waals surface area contributed by atoms with E-state index in [1.165, 1.54) is 17.4 Å². The number of hydrogen-bond acceptors (Lipinski definition) is 5. The van der Waals surface area contributed by atoms with Gasteiger partial charge in [0.05, 0.1) is 16.8 Å². The van der Waals surface area contributed by atoms with Gasteiger partial charge in [-0.15, -0.1) is 11.3 Å². The van der Waals surface area contributed by atoms with Crippen molar-refractivity contribution in [3.05, 3.63) is 76.8 Å². The van der Waals surface area contributed by atoms with Crippen LogP contribution in [0.15, 0.2) is 60.1 Å². The molecule has 3 amide bonds. The van der Waals surface area contributed by atoms with Crippen LogP contribution in [0.2, 0.25) is 0 Å². The zero-order valence-electron chi connectivity index (χ0n) is 12.8. The number of rotatable bonds is 3. The summed E-state index contributed by atoms with van der Waals surface area (Å²) in [7, 11) is 0. The average molecular weight is 349 g/mol. The summed E-state index contributed by atoms with van der Waals surface area (Å²) in [5.74, 6) is -1.13. The molecule has 1 N–H and O–H groups in total. The minimum absolute atomic E-state index is 0.337. The first-order chi connectivity index (χ1) is 12.1. The lowest BCUT2D eigenvalue weighted by Gasteiger charge is -2.14. The lowest BCUT2D eigenvalue weighted by Crippen LogP contribution is -2.29. The molecule has 2 aromatic carbocycles. The third kappa shape index (κ3) is 2.60. The second-order valence-electron chi connectivity index (χ2n) is 5.33. The van der Waals surface area contributed by atoms with Crippen LogP contribution in [0.25, 0.3) is 0 Å². The van der Waals surface area contributed by atoms with Crippen molar-refractivity contribution >= 4 is 39.9 Å². The number of anilines is 2. The average Bonchev–Trinajstić information content (AvgIpc) is 3.23. The first-order valence-electron chi connectivity index (χ1n) is 7.44. The normalized spacial score (nSPS) is 13.0. The van der Waals surface area contributed by atoms with E-state index in [1.54, 1.807) is 54.0 Å². The molecule has 1 aromatic heterocycles. The molecule has 6 nitrogen and oxygen atoms in total. The summed E-state index contributed by atoms with van der Waals surface area (Å²) in [6, 6.07) is 13.1. The first kappa shape index (κ1) is 15.2. The molecule has 0 fully saturated rings. The number of thiazole rings is 1. The van der Waals surface area contributed by atoms with Gasteiger partial charge in [0.15, 0.2) is 5.13 Å². The van der Waals surface area contributed by atoms with Crippen LogP contribution in [0.3, 0.4) is 0 Å². The summed E-state index contributed by atoms with van der Waals surface area (Å²) in [5.41, 5.74) is 1.43. The van der Waals surface area contributed by atoms with Crippen LogP contribution in [-0.2, 0) is 0 Å². The molecule has 1 aliphatic rings. The lowest BCUT2D eigenvalue weighted by atomic mass is 10.1. The summed E-state index contributed by atoms with van der Waals surface area (Å²) >= 11 is 1.31. The molecule has 25 heavy (non-hydrogen) atoms. The van der Waals surface area contributed by atoms with Crippen LogP contribution in [0.5, 0.6) is 0 Å². The number of amides is 3. The second kappa shape index (κ2) is 5.95. The summed E-state index contributed by atoms with van der Waals surface area (Å²) in [4.78, 5) is 42.5. The topological polar surface area (TPSA) is 79.4 Å². The molecule has 122 valence electrons. The minimum Gasteiger partial charge on any atom is -0.298 e. The van der Waals surface area contributed by atoms with Gasteiger partial charge in [0.25, 0.3) is 17.7 Å². The molecule has 0 saturated carbocycles. The number of aromatic nitrogens is 1. The van der Waals surface area contributed by atoms with E-state index < -0.39 is 11.8 Å². The van der Waals surface area contributed by atoms with Crippen LogP contribution in [0, 0.1) is 0 Å². The molecule has 0 unspecified atom stereocenters. The van der Waals surface area contributed by atoms with E-state index in [0.717, 1.165) is 4.90 Å². The maximum Gasteiger partial charge on any atom is 0.266 e. The molecule has 3 aromatic rings. The highest BCUT2D eigenvalue weighted by Crippen LogP contribution is 2.28. The summed E-state index contributed by atoms with van der Waals surface area (Å²) < 4.78 is 0. The van der Waals surface area contributed by atoms with Crippen molar-refractivity contribution in [1.82, 2.24) is 4.98 Å². The summed E-state index contributed by atoms with van der Waals surface area (Å²) in [6.45, 7) is 0. The number of benzene rings is 2. The van der Waals surface area contributed by atoms with Crippen LogP contribution in [0.1, 0.15) is 31.1 Å². The molecule has 7 heteroatoms. The molecular weight excluding hydrogens is 338 g/mol. The van der Waals surface area contributed by atoms with Crippen molar-refractivity contribution in [3.63, 3.8) is 0 Å². The maximum absolute atomic E-state index is 12.5. The third-order valence-electron chi connectivity index (χ3n) is 3.81. The van der Waals surface area contributed by atoms with E-state index in [2.05, 4.69) is 10.3 Å². The van der Waals surface area contributed by atoms with Crippen molar-refractivity contribution in [3.8, 4) is 0 Å². The monoisotopic (exact) mass is 349 g/mol. The van der Waals surface area contributed by atoms with Crippen molar-refractivity contribution in [2.45, 2.75) is 0 Å². The number of imide groups is 1. The van der Waals surface area contributed by atoms with Gasteiger partial charge in [-0.1, -0.05) is 18.2 Å². The van der Waals surface area contributed by atoms with Gasteiger partial charge in [-0.3, -0.25) is 19.7 Å². The Labute approximate surface area is 146 Å². The minimum atomic E-state index is -0.391. The molecular formula is C18H11N3O3S. The molecule has 4 rings (SSSR count). The Morgan fingerprint density at radius 3 is 2.36 bits per heavy atom. The zero-order valence-corrected chi connectivity index (χ0v) is 13.6. The second-order valence-corrected chi connectivity index (χ2v) is 6.23. The van der Waals surface area contributed by atoms with Gasteiger partial charge < -0.3 is 0 Å². The Balaban J connectivity index is 1.65. The number of carbonyl (C=O) groups excluding carboxylic acids is 3. The van der Waals surface area contributed by atoms with Crippen molar-refractivity contribution in [2.75, 3.05) is 10.2 Å². The number of carbonyl (C=O) groups is 3. The Bertz CT molecular complexity index is 963. The van der Waals surface area contributed by atoms with Crippen LogP contribution >= 0.6 is 11.3 Å². The molecule has 0 saturated heterocycles. The zero-order chi connectivity index (χ0) is 17.4. The van der Waals surface area contributed by atoms with E-state index in [0.29, 0.717) is 27.5 Å². The number of fused-ring (bicyclic) bond motifs is 1. The molecule has 0 radical (unpaired) electrons. The van der Waals surface area contributed by atoms with E-state index in [9.17, 15) is 14.4 Å². The number of nitrogens with zero attached hydrogens (tertiary/aromatic N) is 2. The SMILES string of the molecule is O=C(Nc1nccs1)c1cccc(N2C(=O)c3ccccc3C2=O)c1.